The summed E-state index contributed by atoms with van der Waals surface area (Å²) >= 11 is 0. The molecule has 1 aromatic carbocycles. The number of anilines is 1. The van der Waals surface area contributed by atoms with Crippen LogP contribution in [0.1, 0.15) is 25.3 Å². The smallest absolute Gasteiger partial charge is 0.336 e. The Morgan fingerprint density at radius 3 is 2.63 bits per heavy atom. The fourth-order valence-electron chi connectivity index (χ4n) is 3.91. The van der Waals surface area contributed by atoms with E-state index in [1.807, 2.05) is 12.1 Å². The quantitative estimate of drug-likeness (QED) is 0.830. The van der Waals surface area contributed by atoms with Gasteiger partial charge in [0.1, 0.15) is 5.58 Å². The predicted molar refractivity (Wildman–Crippen MR) is 100 cm³/mol. The largest absolute Gasteiger partial charge is 0.423 e. The third-order valence-corrected chi connectivity index (χ3v) is 5.21. The Morgan fingerprint density at radius 1 is 1.19 bits per heavy atom. The number of nitrogens with one attached hydrogen (secondary N) is 1. The summed E-state index contributed by atoms with van der Waals surface area (Å²) in [5.74, 6) is 0.285. The van der Waals surface area contributed by atoms with Gasteiger partial charge in [0.05, 0.1) is 13.2 Å². The third kappa shape index (κ3) is 4.21. The highest BCUT2D eigenvalue weighted by atomic mass is 16.7. The summed E-state index contributed by atoms with van der Waals surface area (Å²) in [5.41, 5.74) is 1.68. The van der Waals surface area contributed by atoms with Crippen molar-refractivity contribution in [3.05, 3.63) is 40.2 Å². The van der Waals surface area contributed by atoms with Crippen molar-refractivity contribution in [2.45, 2.75) is 32.6 Å². The van der Waals surface area contributed by atoms with Crippen LogP contribution in [0.5, 0.6) is 0 Å². The Morgan fingerprint density at radius 2 is 1.93 bits per heavy atom. The van der Waals surface area contributed by atoms with Crippen molar-refractivity contribution in [1.29, 1.82) is 0 Å². The Kier molecular flexibility index (Phi) is 5.24. The minimum absolute atomic E-state index is 0.0519. The number of hydrogen-bond acceptors (Lipinski definition) is 6. The van der Waals surface area contributed by atoms with Gasteiger partial charge >= 0.3 is 5.63 Å². The number of rotatable bonds is 4. The molecule has 1 N–H and O–H groups in total. The number of amides is 1. The molecule has 0 atom stereocenters. The normalized spacial score (nSPS) is 19.6. The number of ether oxygens (including phenoxy) is 2. The second-order valence-corrected chi connectivity index (χ2v) is 7.21. The molecule has 7 nitrogen and oxygen atoms in total. The SMILES string of the molecule is CC(=O)Nc1ccc2c(CN3CCC(C4OCCO4)CC3)cc(=O)oc2c1. The predicted octanol–water partition coefficient (Wildman–Crippen LogP) is 2.34. The first-order valence-electron chi connectivity index (χ1n) is 9.38. The zero-order valence-corrected chi connectivity index (χ0v) is 15.4. The molecule has 0 unspecified atom stereocenters. The van der Waals surface area contributed by atoms with Gasteiger partial charge in [-0.15, -0.1) is 0 Å². The Bertz CT molecular complexity index is 880. The lowest BCUT2D eigenvalue weighted by Crippen LogP contribution is -2.37. The zero-order chi connectivity index (χ0) is 18.8. The van der Waals surface area contributed by atoms with E-state index in [2.05, 4.69) is 10.2 Å². The van der Waals surface area contributed by atoms with Crippen molar-refractivity contribution >= 4 is 22.6 Å². The maximum atomic E-state index is 12.0. The molecule has 7 heteroatoms. The van der Waals surface area contributed by atoms with E-state index >= 15 is 0 Å². The van der Waals surface area contributed by atoms with Crippen LogP contribution in [0.3, 0.4) is 0 Å². The number of carbonyl (C=O) groups is 1. The molecule has 2 saturated heterocycles. The number of hydrogen-bond donors (Lipinski definition) is 1. The number of carbonyl (C=O) groups excluding carboxylic acids is 1. The number of likely N-dealkylation sites (tertiary alicyclic amines) is 1. The van der Waals surface area contributed by atoms with E-state index < -0.39 is 0 Å². The Hall–Kier alpha value is -2.22. The first-order chi connectivity index (χ1) is 13.1. The summed E-state index contributed by atoms with van der Waals surface area (Å²) < 4.78 is 16.6. The van der Waals surface area contributed by atoms with E-state index in [-0.39, 0.29) is 17.8 Å². The monoisotopic (exact) mass is 372 g/mol. The summed E-state index contributed by atoms with van der Waals surface area (Å²) in [5, 5.41) is 3.61. The van der Waals surface area contributed by atoms with E-state index in [1.165, 1.54) is 6.92 Å². The fraction of sp³-hybridized carbons (Fsp3) is 0.500. The summed E-state index contributed by atoms with van der Waals surface area (Å²) in [6.07, 6.45) is 2.00. The molecule has 4 rings (SSSR count). The lowest BCUT2D eigenvalue weighted by molar-refractivity contribution is -0.114. The van der Waals surface area contributed by atoms with Gasteiger partial charge < -0.3 is 19.2 Å². The van der Waals surface area contributed by atoms with E-state index in [4.69, 9.17) is 13.9 Å². The molecule has 0 bridgehead atoms. The molecule has 0 spiro atoms. The maximum absolute atomic E-state index is 12.0. The van der Waals surface area contributed by atoms with Gasteiger partial charge in [0.2, 0.25) is 5.91 Å². The third-order valence-electron chi connectivity index (χ3n) is 5.21. The highest BCUT2D eigenvalue weighted by molar-refractivity contribution is 5.92. The maximum Gasteiger partial charge on any atom is 0.336 e. The van der Waals surface area contributed by atoms with Crippen molar-refractivity contribution in [2.75, 3.05) is 31.6 Å². The van der Waals surface area contributed by atoms with Crippen molar-refractivity contribution in [1.82, 2.24) is 4.90 Å². The molecule has 0 saturated carbocycles. The lowest BCUT2D eigenvalue weighted by Gasteiger charge is -2.33. The standard InChI is InChI=1S/C20H24N2O5/c1-13(23)21-16-2-3-17-15(10-19(24)27-18(17)11-16)12-22-6-4-14(5-7-22)20-25-8-9-26-20/h2-3,10-11,14,20H,4-9,12H2,1H3,(H,21,23). The molecule has 144 valence electrons. The van der Waals surface area contributed by atoms with Gasteiger partial charge in [-0.25, -0.2) is 4.79 Å². The van der Waals surface area contributed by atoms with Crippen molar-refractivity contribution in [2.24, 2.45) is 5.92 Å². The minimum Gasteiger partial charge on any atom is -0.423 e. The van der Waals surface area contributed by atoms with Crippen LogP contribution in [0.4, 0.5) is 5.69 Å². The van der Waals surface area contributed by atoms with Gasteiger partial charge in [0, 0.05) is 42.6 Å². The molecule has 3 heterocycles. The van der Waals surface area contributed by atoms with E-state index in [0.717, 1.165) is 36.9 Å². The van der Waals surface area contributed by atoms with Gasteiger partial charge in [-0.05, 0) is 43.6 Å². The average molecular weight is 372 g/mol. The van der Waals surface area contributed by atoms with Crippen LogP contribution in [0.15, 0.2) is 33.5 Å². The Labute approximate surface area is 157 Å². The molecule has 1 aromatic heterocycles. The first kappa shape index (κ1) is 18.2. The van der Waals surface area contributed by atoms with Crippen LogP contribution in [0.25, 0.3) is 11.0 Å². The molecule has 2 aliphatic heterocycles. The second kappa shape index (κ2) is 7.80. The molecular formula is C20H24N2O5. The highest BCUT2D eigenvalue weighted by Gasteiger charge is 2.30. The minimum atomic E-state index is -0.375. The van der Waals surface area contributed by atoms with Crippen LogP contribution in [0.2, 0.25) is 0 Å². The van der Waals surface area contributed by atoms with Crippen molar-refractivity contribution in [3.8, 4) is 0 Å². The van der Waals surface area contributed by atoms with Gasteiger partial charge in [-0.1, -0.05) is 0 Å². The molecular weight excluding hydrogens is 348 g/mol. The van der Waals surface area contributed by atoms with Crippen LogP contribution < -0.4 is 10.9 Å². The van der Waals surface area contributed by atoms with Gasteiger partial charge in [0.15, 0.2) is 6.29 Å². The number of benzene rings is 1. The molecule has 1 amide bonds. The fourth-order valence-corrected chi connectivity index (χ4v) is 3.91. The van der Waals surface area contributed by atoms with Crippen LogP contribution in [0, 0.1) is 5.92 Å². The van der Waals surface area contributed by atoms with Crippen LogP contribution >= 0.6 is 0 Å². The number of fused-ring (bicyclic) bond motifs is 1. The Balaban J connectivity index is 1.48. The summed E-state index contributed by atoms with van der Waals surface area (Å²) in [6.45, 7) is 5.41. The topological polar surface area (TPSA) is 81.0 Å². The molecule has 0 aliphatic carbocycles. The first-order valence-corrected chi connectivity index (χ1v) is 9.38. The van der Waals surface area contributed by atoms with Crippen molar-refractivity contribution < 1.29 is 18.7 Å². The molecule has 2 aliphatic rings. The van der Waals surface area contributed by atoms with E-state index in [1.54, 1.807) is 12.1 Å². The van der Waals surface area contributed by atoms with Gasteiger partial charge in [-0.2, -0.15) is 0 Å². The van der Waals surface area contributed by atoms with Crippen molar-refractivity contribution in [3.63, 3.8) is 0 Å². The molecule has 27 heavy (non-hydrogen) atoms. The number of piperidine rings is 1. The van der Waals surface area contributed by atoms with E-state index in [0.29, 0.717) is 36.9 Å². The van der Waals surface area contributed by atoms with Crippen LogP contribution in [-0.2, 0) is 20.8 Å². The number of nitrogens with zero attached hydrogens (tertiary/aromatic N) is 1. The second-order valence-electron chi connectivity index (χ2n) is 7.21. The van der Waals surface area contributed by atoms with Gasteiger partial charge in [-0.3, -0.25) is 9.69 Å². The average Bonchev–Trinajstić information content (AvgIpc) is 3.16. The highest BCUT2D eigenvalue weighted by Crippen LogP contribution is 2.28. The molecule has 2 fully saturated rings. The summed E-state index contributed by atoms with van der Waals surface area (Å²) in [6, 6.07) is 6.98. The molecule has 0 radical (unpaired) electrons. The zero-order valence-electron chi connectivity index (χ0n) is 15.4. The lowest BCUT2D eigenvalue weighted by atomic mass is 9.95. The molecule has 2 aromatic rings. The van der Waals surface area contributed by atoms with E-state index in [9.17, 15) is 9.59 Å². The van der Waals surface area contributed by atoms with Gasteiger partial charge in [0.25, 0.3) is 0 Å². The summed E-state index contributed by atoms with van der Waals surface area (Å²) in [7, 11) is 0. The summed E-state index contributed by atoms with van der Waals surface area (Å²) in [4.78, 5) is 25.6. The van der Waals surface area contributed by atoms with Crippen LogP contribution in [-0.4, -0.2) is 43.4 Å².